The van der Waals surface area contributed by atoms with Crippen molar-refractivity contribution in [2.24, 2.45) is 16.8 Å². The van der Waals surface area contributed by atoms with Gasteiger partial charge in [0, 0.05) is 61.8 Å². The van der Waals surface area contributed by atoms with Gasteiger partial charge >= 0.3 is 0 Å². The fourth-order valence-electron chi connectivity index (χ4n) is 5.34. The first-order chi connectivity index (χ1) is 15.3. The van der Waals surface area contributed by atoms with Crippen LogP contribution in [0.25, 0.3) is 10.9 Å². The van der Waals surface area contributed by atoms with Gasteiger partial charge in [0.05, 0.1) is 12.1 Å². The molecule has 0 saturated carbocycles. The molecule has 0 aliphatic carbocycles. The zero-order chi connectivity index (χ0) is 22.9. The second kappa shape index (κ2) is 9.22. The topological polar surface area (TPSA) is 48.8 Å². The molecule has 0 unspecified atom stereocenters. The van der Waals surface area contributed by atoms with Crippen LogP contribution in [0, 0.1) is 11.8 Å². The SMILES string of the molecule is C/N=C\c1ccc([C@H]2C[C@@H](C)CN(C(=O)C[C@@H]3CCN(C)CC3(F)F)C2)c2cccnc12. The molecule has 0 radical (unpaired) electrons. The van der Waals surface area contributed by atoms with Gasteiger partial charge in [-0.25, -0.2) is 8.78 Å². The number of aliphatic imine (C=N–C) groups is 1. The summed E-state index contributed by atoms with van der Waals surface area (Å²) in [6, 6.07) is 8.13. The van der Waals surface area contributed by atoms with E-state index in [1.807, 2.05) is 17.0 Å². The van der Waals surface area contributed by atoms with Gasteiger partial charge in [0.15, 0.2) is 0 Å². The highest BCUT2D eigenvalue weighted by Crippen LogP contribution is 2.38. The molecule has 0 N–H and O–H groups in total. The lowest BCUT2D eigenvalue weighted by atomic mass is 9.82. The first-order valence-electron chi connectivity index (χ1n) is 11.4. The first-order valence-corrected chi connectivity index (χ1v) is 11.4. The van der Waals surface area contributed by atoms with Crippen molar-refractivity contribution in [2.75, 3.05) is 40.3 Å². The highest BCUT2D eigenvalue weighted by molar-refractivity contribution is 5.99. The fourth-order valence-corrected chi connectivity index (χ4v) is 5.34. The van der Waals surface area contributed by atoms with Crippen LogP contribution in [0.1, 0.15) is 43.2 Å². The molecular formula is C25H32F2N4O. The minimum absolute atomic E-state index is 0.0749. The molecule has 1 amide bonds. The summed E-state index contributed by atoms with van der Waals surface area (Å²) in [7, 11) is 3.45. The summed E-state index contributed by atoms with van der Waals surface area (Å²) in [4.78, 5) is 25.3. The maximum Gasteiger partial charge on any atom is 0.263 e. The Kier molecular flexibility index (Phi) is 6.56. The Hall–Kier alpha value is -2.41. The van der Waals surface area contributed by atoms with Gasteiger partial charge < -0.3 is 9.80 Å². The Morgan fingerprint density at radius 3 is 2.88 bits per heavy atom. The molecule has 1 aromatic heterocycles. The number of likely N-dealkylation sites (tertiary alicyclic amines) is 2. The summed E-state index contributed by atoms with van der Waals surface area (Å²) in [6.07, 6.45) is 4.83. The largest absolute Gasteiger partial charge is 0.342 e. The van der Waals surface area contributed by atoms with E-state index in [1.165, 1.54) is 0 Å². The number of rotatable bonds is 4. The van der Waals surface area contributed by atoms with Crippen LogP contribution in [0.15, 0.2) is 35.5 Å². The third-order valence-corrected chi connectivity index (χ3v) is 6.91. The van der Waals surface area contributed by atoms with E-state index in [2.05, 4.69) is 29.0 Å². The molecule has 2 saturated heterocycles. The number of hydrogen-bond donors (Lipinski definition) is 0. The maximum atomic E-state index is 14.5. The van der Waals surface area contributed by atoms with Crippen molar-refractivity contribution in [3.8, 4) is 0 Å². The highest BCUT2D eigenvalue weighted by Gasteiger charge is 2.45. The van der Waals surface area contributed by atoms with E-state index in [-0.39, 0.29) is 24.8 Å². The lowest BCUT2D eigenvalue weighted by Gasteiger charge is -2.40. The number of fused-ring (bicyclic) bond motifs is 1. The molecule has 2 fully saturated rings. The molecule has 3 atom stereocenters. The Bertz CT molecular complexity index is 1010. The van der Waals surface area contributed by atoms with E-state index < -0.39 is 11.8 Å². The van der Waals surface area contributed by atoms with E-state index in [4.69, 9.17) is 0 Å². The van der Waals surface area contributed by atoms with E-state index in [0.717, 1.165) is 28.5 Å². The Balaban J connectivity index is 1.55. The van der Waals surface area contributed by atoms with Crippen LogP contribution in [-0.2, 0) is 4.79 Å². The van der Waals surface area contributed by atoms with Crippen molar-refractivity contribution in [1.82, 2.24) is 14.8 Å². The lowest BCUT2D eigenvalue weighted by Crippen LogP contribution is -2.49. The van der Waals surface area contributed by atoms with Crippen LogP contribution in [0.3, 0.4) is 0 Å². The zero-order valence-corrected chi connectivity index (χ0v) is 19.1. The molecule has 2 aromatic rings. The number of benzene rings is 1. The zero-order valence-electron chi connectivity index (χ0n) is 19.1. The predicted octanol–water partition coefficient (Wildman–Crippen LogP) is 4.21. The van der Waals surface area contributed by atoms with Crippen LogP contribution in [-0.4, -0.2) is 73.1 Å². The quantitative estimate of drug-likeness (QED) is 0.667. The monoisotopic (exact) mass is 442 g/mol. The molecule has 4 rings (SSSR count). The maximum absolute atomic E-state index is 14.5. The molecule has 0 spiro atoms. The Labute approximate surface area is 188 Å². The van der Waals surface area contributed by atoms with Gasteiger partial charge in [-0.05, 0) is 44.0 Å². The summed E-state index contributed by atoms with van der Waals surface area (Å²) in [5.74, 6) is -3.38. The second-order valence-corrected chi connectivity index (χ2v) is 9.56. The predicted molar refractivity (Wildman–Crippen MR) is 124 cm³/mol. The number of piperidine rings is 2. The van der Waals surface area contributed by atoms with E-state index >= 15 is 0 Å². The molecule has 5 nitrogen and oxygen atoms in total. The average Bonchev–Trinajstić information content (AvgIpc) is 2.75. The van der Waals surface area contributed by atoms with Gasteiger partial charge in [-0.15, -0.1) is 0 Å². The normalized spacial score (nSPS) is 26.7. The smallest absolute Gasteiger partial charge is 0.263 e. The fraction of sp³-hybridized carbons (Fsp3) is 0.560. The molecule has 32 heavy (non-hydrogen) atoms. The van der Waals surface area contributed by atoms with Crippen molar-refractivity contribution in [3.63, 3.8) is 0 Å². The van der Waals surface area contributed by atoms with E-state index in [0.29, 0.717) is 32.0 Å². The third kappa shape index (κ3) is 4.68. The number of amides is 1. The number of carbonyl (C=O) groups is 1. The number of carbonyl (C=O) groups excluding carboxylic acids is 1. The number of aromatic nitrogens is 1. The molecular weight excluding hydrogens is 410 g/mol. The van der Waals surface area contributed by atoms with Crippen molar-refractivity contribution < 1.29 is 13.6 Å². The van der Waals surface area contributed by atoms with Gasteiger partial charge in [0.2, 0.25) is 5.91 Å². The lowest BCUT2D eigenvalue weighted by molar-refractivity contribution is -0.145. The third-order valence-electron chi connectivity index (χ3n) is 6.91. The first kappa shape index (κ1) is 22.8. The summed E-state index contributed by atoms with van der Waals surface area (Å²) >= 11 is 0. The number of alkyl halides is 2. The highest BCUT2D eigenvalue weighted by atomic mass is 19.3. The number of pyridine rings is 1. The van der Waals surface area contributed by atoms with Crippen LogP contribution < -0.4 is 0 Å². The molecule has 2 aliphatic heterocycles. The van der Waals surface area contributed by atoms with Crippen molar-refractivity contribution in [1.29, 1.82) is 0 Å². The van der Waals surface area contributed by atoms with E-state index in [1.54, 1.807) is 31.4 Å². The van der Waals surface area contributed by atoms with Crippen LogP contribution in [0.4, 0.5) is 8.78 Å². The number of hydrogen-bond acceptors (Lipinski definition) is 4. The standard InChI is InChI=1S/C25H32F2N4O/c1-17-11-19(21-7-6-18(13-28-2)24-22(21)5-4-9-29-24)15-31(14-17)23(32)12-20-8-10-30(3)16-25(20,26)27/h4-7,9,13,17,19-20H,8,10-12,14-16H2,1-3H3/b28-13-/t17-,19+,20+/m1/s1. The molecule has 172 valence electrons. The summed E-state index contributed by atoms with van der Waals surface area (Å²) in [6.45, 7) is 3.67. The number of halogens is 2. The van der Waals surface area contributed by atoms with Gasteiger partial charge in [0.25, 0.3) is 5.92 Å². The molecule has 1 aromatic carbocycles. The minimum atomic E-state index is -2.82. The Morgan fingerprint density at radius 2 is 2.12 bits per heavy atom. The van der Waals surface area contributed by atoms with Gasteiger partial charge in [-0.2, -0.15) is 0 Å². The summed E-state index contributed by atoms with van der Waals surface area (Å²) in [5, 5.41) is 1.07. The van der Waals surface area contributed by atoms with Gasteiger partial charge in [-0.1, -0.05) is 25.1 Å². The number of nitrogens with zero attached hydrogens (tertiary/aromatic N) is 4. The minimum Gasteiger partial charge on any atom is -0.342 e. The molecule has 0 bridgehead atoms. The summed E-state index contributed by atoms with van der Waals surface area (Å²) in [5.41, 5.74) is 3.03. The summed E-state index contributed by atoms with van der Waals surface area (Å²) < 4.78 is 29.0. The second-order valence-electron chi connectivity index (χ2n) is 9.56. The van der Waals surface area contributed by atoms with Crippen molar-refractivity contribution >= 4 is 23.0 Å². The molecule has 7 heteroatoms. The van der Waals surface area contributed by atoms with Crippen molar-refractivity contribution in [2.45, 2.75) is 38.0 Å². The average molecular weight is 443 g/mol. The van der Waals surface area contributed by atoms with Crippen molar-refractivity contribution in [3.05, 3.63) is 41.6 Å². The Morgan fingerprint density at radius 1 is 1.31 bits per heavy atom. The van der Waals surface area contributed by atoms with Crippen LogP contribution in [0.5, 0.6) is 0 Å². The molecule has 3 heterocycles. The van der Waals surface area contributed by atoms with Crippen LogP contribution in [0.2, 0.25) is 0 Å². The van der Waals surface area contributed by atoms with E-state index in [9.17, 15) is 13.6 Å². The van der Waals surface area contributed by atoms with Crippen LogP contribution >= 0.6 is 0 Å². The molecule has 2 aliphatic rings. The van der Waals surface area contributed by atoms with Gasteiger partial charge in [0.1, 0.15) is 0 Å². The van der Waals surface area contributed by atoms with Gasteiger partial charge in [-0.3, -0.25) is 14.8 Å².